The summed E-state index contributed by atoms with van der Waals surface area (Å²) in [6.07, 6.45) is 0.558. The number of halogens is 1. The molecule has 0 saturated heterocycles. The highest BCUT2D eigenvalue weighted by Crippen LogP contribution is 2.27. The number of carbonyl (C=O) groups is 2. The third-order valence-corrected chi connectivity index (χ3v) is 6.10. The third-order valence-electron chi connectivity index (χ3n) is 6.10. The molecule has 0 aliphatic rings. The molecule has 0 aliphatic carbocycles. The van der Waals surface area contributed by atoms with Gasteiger partial charge in [0, 0.05) is 24.4 Å². The Balaban J connectivity index is 1.46. The number of hydrogen-bond donors (Lipinski definition) is 2. The molecular formula is C28H27FN2O4. The van der Waals surface area contributed by atoms with Crippen molar-refractivity contribution < 1.29 is 23.8 Å². The number of carboxylic acid groups (broad SMARTS) is 1. The molecule has 0 fully saturated rings. The fourth-order valence-electron chi connectivity index (χ4n) is 4.13. The van der Waals surface area contributed by atoms with Crippen LogP contribution in [0.1, 0.15) is 46.6 Å². The van der Waals surface area contributed by atoms with Crippen LogP contribution < -0.4 is 10.1 Å². The first-order valence-electron chi connectivity index (χ1n) is 11.4. The minimum Gasteiger partial charge on any atom is -0.481 e. The SMILES string of the molecule is Cc1cc(Oc2cccc([C@@H](C)NC(=O)c3cc4cc(F)ccc4n3C)c2)ccc1CCC(=O)O. The van der Waals surface area contributed by atoms with Crippen molar-refractivity contribution in [3.63, 3.8) is 0 Å². The molecule has 0 unspecified atom stereocenters. The molecular weight excluding hydrogens is 447 g/mol. The number of rotatable bonds is 8. The van der Waals surface area contributed by atoms with Gasteiger partial charge in [-0.15, -0.1) is 0 Å². The molecule has 35 heavy (non-hydrogen) atoms. The summed E-state index contributed by atoms with van der Waals surface area (Å²) in [5.74, 6) is -0.141. The molecule has 1 aromatic heterocycles. The average molecular weight is 475 g/mol. The van der Waals surface area contributed by atoms with E-state index < -0.39 is 5.97 Å². The third kappa shape index (κ3) is 5.51. The largest absolute Gasteiger partial charge is 0.481 e. The normalized spacial score (nSPS) is 11.9. The Morgan fingerprint density at radius 2 is 1.83 bits per heavy atom. The highest BCUT2D eigenvalue weighted by atomic mass is 19.1. The van der Waals surface area contributed by atoms with Gasteiger partial charge in [0.2, 0.25) is 0 Å². The highest BCUT2D eigenvalue weighted by Gasteiger charge is 2.17. The maximum atomic E-state index is 13.6. The number of nitrogens with zero attached hydrogens (tertiary/aromatic N) is 1. The van der Waals surface area contributed by atoms with E-state index in [1.165, 1.54) is 12.1 Å². The van der Waals surface area contributed by atoms with Crippen LogP contribution in [-0.4, -0.2) is 21.6 Å². The van der Waals surface area contributed by atoms with Crippen molar-refractivity contribution in [2.45, 2.75) is 32.7 Å². The predicted octanol–water partition coefficient (Wildman–Crippen LogP) is 5.93. The van der Waals surface area contributed by atoms with Crippen molar-refractivity contribution in [2.24, 2.45) is 7.05 Å². The Hall–Kier alpha value is -4.13. The molecule has 0 saturated carbocycles. The van der Waals surface area contributed by atoms with Crippen LogP contribution in [-0.2, 0) is 18.3 Å². The zero-order chi connectivity index (χ0) is 25.1. The first-order chi connectivity index (χ1) is 16.7. The van der Waals surface area contributed by atoms with Crippen LogP contribution in [0.2, 0.25) is 0 Å². The van der Waals surface area contributed by atoms with Crippen molar-refractivity contribution in [1.82, 2.24) is 9.88 Å². The maximum Gasteiger partial charge on any atom is 0.303 e. The predicted molar refractivity (Wildman–Crippen MR) is 132 cm³/mol. The van der Waals surface area contributed by atoms with Gasteiger partial charge in [-0.25, -0.2) is 4.39 Å². The highest BCUT2D eigenvalue weighted by molar-refractivity contribution is 5.98. The van der Waals surface area contributed by atoms with Crippen molar-refractivity contribution in [1.29, 1.82) is 0 Å². The van der Waals surface area contributed by atoms with E-state index in [2.05, 4.69) is 5.32 Å². The van der Waals surface area contributed by atoms with Gasteiger partial charge in [-0.3, -0.25) is 9.59 Å². The Labute approximate surface area is 203 Å². The zero-order valence-electron chi connectivity index (χ0n) is 19.8. The second kappa shape index (κ2) is 10.0. The van der Waals surface area contributed by atoms with Gasteiger partial charge in [0.1, 0.15) is 23.0 Å². The van der Waals surface area contributed by atoms with Crippen molar-refractivity contribution in [2.75, 3.05) is 0 Å². The quantitative estimate of drug-likeness (QED) is 0.332. The van der Waals surface area contributed by atoms with E-state index in [0.29, 0.717) is 29.0 Å². The Kier molecular flexibility index (Phi) is 6.87. The minimum absolute atomic E-state index is 0.0857. The number of nitrogens with one attached hydrogen (secondary N) is 1. The van der Waals surface area contributed by atoms with Gasteiger partial charge in [0.05, 0.1) is 6.04 Å². The summed E-state index contributed by atoms with van der Waals surface area (Å²) < 4.78 is 21.3. The first-order valence-corrected chi connectivity index (χ1v) is 11.4. The Morgan fingerprint density at radius 1 is 1.06 bits per heavy atom. The number of ether oxygens (including phenoxy) is 1. The second-order valence-corrected chi connectivity index (χ2v) is 8.64. The van der Waals surface area contributed by atoms with Gasteiger partial charge in [-0.05, 0) is 85.5 Å². The Bertz CT molecular complexity index is 1410. The molecule has 1 heterocycles. The van der Waals surface area contributed by atoms with E-state index in [9.17, 15) is 14.0 Å². The van der Waals surface area contributed by atoms with Gasteiger partial charge in [0.15, 0.2) is 0 Å². The minimum atomic E-state index is -0.822. The number of amides is 1. The number of carbonyl (C=O) groups excluding carboxylic acids is 1. The molecule has 0 bridgehead atoms. The summed E-state index contributed by atoms with van der Waals surface area (Å²) in [6.45, 7) is 3.82. The lowest BCUT2D eigenvalue weighted by Crippen LogP contribution is -2.28. The summed E-state index contributed by atoms with van der Waals surface area (Å²) in [4.78, 5) is 23.8. The average Bonchev–Trinajstić information content (AvgIpc) is 3.14. The molecule has 0 aliphatic heterocycles. The number of benzene rings is 3. The van der Waals surface area contributed by atoms with Gasteiger partial charge >= 0.3 is 5.97 Å². The van der Waals surface area contributed by atoms with Crippen LogP contribution >= 0.6 is 0 Å². The van der Waals surface area contributed by atoms with Crippen molar-refractivity contribution in [3.05, 3.63) is 94.9 Å². The van der Waals surface area contributed by atoms with Gasteiger partial charge in [-0.1, -0.05) is 18.2 Å². The lowest BCUT2D eigenvalue weighted by atomic mass is 10.0. The number of fused-ring (bicyclic) bond motifs is 1. The Morgan fingerprint density at radius 3 is 2.57 bits per heavy atom. The molecule has 6 nitrogen and oxygen atoms in total. The van der Waals surface area contributed by atoms with Crippen LogP contribution in [0.15, 0.2) is 66.7 Å². The fourth-order valence-corrected chi connectivity index (χ4v) is 4.13. The molecule has 7 heteroatoms. The molecule has 2 N–H and O–H groups in total. The zero-order valence-corrected chi connectivity index (χ0v) is 19.8. The van der Waals surface area contributed by atoms with Crippen molar-refractivity contribution >= 4 is 22.8 Å². The van der Waals surface area contributed by atoms with Crippen LogP contribution in [0.25, 0.3) is 10.9 Å². The van der Waals surface area contributed by atoms with Gasteiger partial charge < -0.3 is 19.7 Å². The summed E-state index contributed by atoms with van der Waals surface area (Å²) in [5, 5.41) is 12.6. The molecule has 1 atom stereocenters. The molecule has 0 radical (unpaired) electrons. The topological polar surface area (TPSA) is 80.6 Å². The van der Waals surface area contributed by atoms with Crippen LogP contribution in [0, 0.1) is 12.7 Å². The number of aromatic nitrogens is 1. The monoisotopic (exact) mass is 474 g/mol. The maximum absolute atomic E-state index is 13.6. The van der Waals surface area contributed by atoms with Crippen LogP contribution in [0.3, 0.4) is 0 Å². The molecule has 4 rings (SSSR count). The van der Waals surface area contributed by atoms with E-state index >= 15 is 0 Å². The number of carboxylic acids is 1. The van der Waals surface area contributed by atoms with E-state index in [0.717, 1.165) is 22.2 Å². The molecule has 180 valence electrons. The van der Waals surface area contributed by atoms with Crippen molar-refractivity contribution in [3.8, 4) is 11.5 Å². The summed E-state index contributed by atoms with van der Waals surface area (Å²) >= 11 is 0. The van der Waals surface area contributed by atoms with Crippen LogP contribution in [0.4, 0.5) is 4.39 Å². The summed E-state index contributed by atoms with van der Waals surface area (Å²) in [6, 6.07) is 18.9. The lowest BCUT2D eigenvalue weighted by molar-refractivity contribution is -0.136. The van der Waals surface area contributed by atoms with E-state index in [-0.39, 0.29) is 24.2 Å². The first kappa shape index (κ1) is 24.0. The smallest absolute Gasteiger partial charge is 0.303 e. The summed E-state index contributed by atoms with van der Waals surface area (Å²) in [5.41, 5.74) is 4.04. The van der Waals surface area contributed by atoms with E-state index in [4.69, 9.17) is 9.84 Å². The molecule has 4 aromatic rings. The molecule has 1 amide bonds. The van der Waals surface area contributed by atoms with E-state index in [1.54, 1.807) is 23.7 Å². The fraction of sp³-hybridized carbons (Fsp3) is 0.214. The standard InChI is InChI=1S/C28H27FN2O4/c1-17-13-24(10-7-19(17)8-12-27(32)33)35-23-6-4-5-20(15-23)18(2)30-28(34)26-16-21-14-22(29)9-11-25(21)31(26)3/h4-7,9-11,13-16,18H,8,12H2,1-3H3,(H,30,34)(H,32,33)/t18-/m1/s1. The van der Waals surface area contributed by atoms with Crippen LogP contribution in [0.5, 0.6) is 11.5 Å². The molecule has 0 spiro atoms. The second-order valence-electron chi connectivity index (χ2n) is 8.64. The number of aliphatic carboxylic acids is 1. The van der Waals surface area contributed by atoms with E-state index in [1.807, 2.05) is 56.3 Å². The lowest BCUT2D eigenvalue weighted by Gasteiger charge is -2.16. The van der Waals surface area contributed by atoms with Gasteiger partial charge in [0.25, 0.3) is 5.91 Å². The number of hydrogen-bond acceptors (Lipinski definition) is 3. The van der Waals surface area contributed by atoms with Gasteiger partial charge in [-0.2, -0.15) is 0 Å². The number of aryl methyl sites for hydroxylation is 3. The molecule has 3 aromatic carbocycles. The summed E-state index contributed by atoms with van der Waals surface area (Å²) in [7, 11) is 1.78.